The Bertz CT molecular complexity index is 1490. The molecule has 0 saturated carbocycles. The standard InChI is InChI=1S/C28H19N/c1-2-9-20(10-3-1)21-13-8-14-24(17-21)29-27-16-7-6-15-25(27)26-18-22-11-4-5-12-23(22)19-28(26)29/h1-19H. The van der Waals surface area contributed by atoms with Crippen molar-refractivity contribution in [2.75, 3.05) is 0 Å². The van der Waals surface area contributed by atoms with Gasteiger partial charge in [0, 0.05) is 16.5 Å². The normalized spacial score (nSPS) is 11.4. The number of aromatic nitrogens is 1. The molecule has 0 spiro atoms. The minimum Gasteiger partial charge on any atom is -0.309 e. The molecule has 0 radical (unpaired) electrons. The Labute approximate surface area is 169 Å². The van der Waals surface area contributed by atoms with Crippen LogP contribution in [0.15, 0.2) is 115 Å². The summed E-state index contributed by atoms with van der Waals surface area (Å²) in [6.07, 6.45) is 0. The van der Waals surface area contributed by atoms with E-state index in [1.807, 2.05) is 0 Å². The molecule has 6 aromatic rings. The van der Waals surface area contributed by atoms with Gasteiger partial charge in [0.1, 0.15) is 0 Å². The summed E-state index contributed by atoms with van der Waals surface area (Å²) in [6, 6.07) is 41.3. The van der Waals surface area contributed by atoms with Crippen LogP contribution in [0.25, 0.3) is 49.4 Å². The van der Waals surface area contributed by atoms with Crippen molar-refractivity contribution >= 4 is 32.6 Å². The molecule has 0 aliphatic carbocycles. The van der Waals surface area contributed by atoms with Gasteiger partial charge >= 0.3 is 0 Å². The lowest BCUT2D eigenvalue weighted by Crippen LogP contribution is -1.94. The Hall–Kier alpha value is -3.84. The van der Waals surface area contributed by atoms with Gasteiger partial charge in [-0.25, -0.2) is 0 Å². The van der Waals surface area contributed by atoms with Gasteiger partial charge in [0.15, 0.2) is 0 Å². The second-order valence-electron chi connectivity index (χ2n) is 7.49. The molecular formula is C28H19N. The minimum absolute atomic E-state index is 1.19. The van der Waals surface area contributed by atoms with Gasteiger partial charge in [-0.1, -0.05) is 84.9 Å². The molecule has 29 heavy (non-hydrogen) atoms. The van der Waals surface area contributed by atoms with Gasteiger partial charge in [-0.3, -0.25) is 0 Å². The highest BCUT2D eigenvalue weighted by Crippen LogP contribution is 2.35. The van der Waals surface area contributed by atoms with Crippen molar-refractivity contribution in [3.05, 3.63) is 115 Å². The van der Waals surface area contributed by atoms with E-state index >= 15 is 0 Å². The molecule has 5 aromatic carbocycles. The Morgan fingerprint density at radius 1 is 0.414 bits per heavy atom. The third kappa shape index (κ3) is 2.55. The smallest absolute Gasteiger partial charge is 0.0547 e. The molecule has 0 N–H and O–H groups in total. The number of para-hydroxylation sites is 1. The van der Waals surface area contributed by atoms with E-state index in [9.17, 15) is 0 Å². The summed E-state index contributed by atoms with van der Waals surface area (Å²) in [5, 5.41) is 5.13. The van der Waals surface area contributed by atoms with Crippen LogP contribution in [-0.2, 0) is 0 Å². The predicted molar refractivity (Wildman–Crippen MR) is 124 cm³/mol. The highest BCUT2D eigenvalue weighted by Gasteiger charge is 2.13. The molecule has 0 atom stereocenters. The number of nitrogens with zero attached hydrogens (tertiary/aromatic N) is 1. The quantitative estimate of drug-likeness (QED) is 0.296. The lowest BCUT2D eigenvalue weighted by Gasteiger charge is -2.11. The summed E-state index contributed by atoms with van der Waals surface area (Å²) >= 11 is 0. The molecule has 1 aromatic heterocycles. The van der Waals surface area contributed by atoms with E-state index in [-0.39, 0.29) is 0 Å². The fraction of sp³-hybridized carbons (Fsp3) is 0. The van der Waals surface area contributed by atoms with E-state index in [0.29, 0.717) is 0 Å². The van der Waals surface area contributed by atoms with Crippen LogP contribution in [0.2, 0.25) is 0 Å². The van der Waals surface area contributed by atoms with Crippen LogP contribution in [0.3, 0.4) is 0 Å². The van der Waals surface area contributed by atoms with Gasteiger partial charge in [-0.05, 0) is 52.2 Å². The maximum atomic E-state index is 2.39. The van der Waals surface area contributed by atoms with Gasteiger partial charge < -0.3 is 4.57 Å². The molecule has 1 heteroatoms. The molecule has 0 amide bonds. The van der Waals surface area contributed by atoms with E-state index in [4.69, 9.17) is 0 Å². The first kappa shape index (κ1) is 16.1. The van der Waals surface area contributed by atoms with Gasteiger partial charge in [0.05, 0.1) is 11.0 Å². The molecular weight excluding hydrogens is 350 g/mol. The van der Waals surface area contributed by atoms with Crippen molar-refractivity contribution in [2.45, 2.75) is 0 Å². The number of hydrogen-bond donors (Lipinski definition) is 0. The van der Waals surface area contributed by atoms with E-state index in [0.717, 1.165) is 0 Å². The largest absolute Gasteiger partial charge is 0.309 e. The number of rotatable bonds is 2. The lowest BCUT2D eigenvalue weighted by molar-refractivity contribution is 1.18. The van der Waals surface area contributed by atoms with Gasteiger partial charge in [-0.15, -0.1) is 0 Å². The van der Waals surface area contributed by atoms with Crippen LogP contribution in [0.4, 0.5) is 0 Å². The third-order valence-corrected chi connectivity index (χ3v) is 5.75. The second kappa shape index (κ2) is 6.35. The summed E-state index contributed by atoms with van der Waals surface area (Å²) in [4.78, 5) is 0. The topological polar surface area (TPSA) is 4.93 Å². The number of fused-ring (bicyclic) bond motifs is 4. The van der Waals surface area contributed by atoms with Crippen molar-refractivity contribution < 1.29 is 0 Å². The molecule has 0 bridgehead atoms. The van der Waals surface area contributed by atoms with Crippen molar-refractivity contribution in [1.29, 1.82) is 0 Å². The fourth-order valence-electron chi connectivity index (χ4n) is 4.39. The molecule has 136 valence electrons. The Kier molecular flexibility index (Phi) is 3.54. The zero-order valence-electron chi connectivity index (χ0n) is 15.9. The molecule has 0 aliphatic rings. The van der Waals surface area contributed by atoms with Crippen LogP contribution >= 0.6 is 0 Å². The van der Waals surface area contributed by atoms with Gasteiger partial charge in [0.2, 0.25) is 0 Å². The summed E-state index contributed by atoms with van der Waals surface area (Å²) in [5.41, 5.74) is 6.14. The predicted octanol–water partition coefficient (Wildman–Crippen LogP) is 7.60. The van der Waals surface area contributed by atoms with E-state index < -0.39 is 0 Å². The molecule has 6 rings (SSSR count). The molecule has 1 heterocycles. The SMILES string of the molecule is c1ccc(-c2cccc(-n3c4ccccc4c4cc5ccccc5cc43)c2)cc1. The van der Waals surface area contributed by atoms with E-state index in [2.05, 4.69) is 120 Å². The fourth-order valence-corrected chi connectivity index (χ4v) is 4.39. The van der Waals surface area contributed by atoms with Gasteiger partial charge in [0.25, 0.3) is 0 Å². The molecule has 0 aliphatic heterocycles. The average molecular weight is 369 g/mol. The molecule has 0 fully saturated rings. The van der Waals surface area contributed by atoms with Crippen LogP contribution in [-0.4, -0.2) is 4.57 Å². The third-order valence-electron chi connectivity index (χ3n) is 5.75. The summed E-state index contributed by atoms with van der Waals surface area (Å²) < 4.78 is 2.39. The number of benzene rings is 5. The van der Waals surface area contributed by atoms with Crippen molar-refractivity contribution in [2.24, 2.45) is 0 Å². The summed E-state index contributed by atoms with van der Waals surface area (Å²) in [7, 11) is 0. The Morgan fingerprint density at radius 2 is 1.10 bits per heavy atom. The first-order valence-corrected chi connectivity index (χ1v) is 9.96. The first-order valence-electron chi connectivity index (χ1n) is 9.96. The molecule has 0 unspecified atom stereocenters. The Balaban J connectivity index is 1.70. The molecule has 1 nitrogen and oxygen atoms in total. The van der Waals surface area contributed by atoms with Crippen LogP contribution < -0.4 is 0 Å². The highest BCUT2D eigenvalue weighted by molar-refractivity contribution is 6.13. The van der Waals surface area contributed by atoms with E-state index in [1.165, 1.54) is 49.4 Å². The monoisotopic (exact) mass is 369 g/mol. The van der Waals surface area contributed by atoms with Crippen LogP contribution in [0.1, 0.15) is 0 Å². The van der Waals surface area contributed by atoms with Gasteiger partial charge in [-0.2, -0.15) is 0 Å². The van der Waals surface area contributed by atoms with Crippen LogP contribution in [0, 0.1) is 0 Å². The minimum atomic E-state index is 1.19. The van der Waals surface area contributed by atoms with Crippen molar-refractivity contribution in [3.8, 4) is 16.8 Å². The van der Waals surface area contributed by atoms with Crippen molar-refractivity contribution in [3.63, 3.8) is 0 Å². The Morgan fingerprint density at radius 3 is 1.97 bits per heavy atom. The summed E-state index contributed by atoms with van der Waals surface area (Å²) in [5.74, 6) is 0. The van der Waals surface area contributed by atoms with Crippen molar-refractivity contribution in [1.82, 2.24) is 4.57 Å². The number of hydrogen-bond acceptors (Lipinski definition) is 0. The zero-order chi connectivity index (χ0) is 19.2. The zero-order valence-corrected chi connectivity index (χ0v) is 15.9. The van der Waals surface area contributed by atoms with E-state index in [1.54, 1.807) is 0 Å². The highest BCUT2D eigenvalue weighted by atomic mass is 15.0. The summed E-state index contributed by atoms with van der Waals surface area (Å²) in [6.45, 7) is 0. The second-order valence-corrected chi connectivity index (χ2v) is 7.49. The first-order chi connectivity index (χ1) is 14.4. The maximum Gasteiger partial charge on any atom is 0.0547 e. The molecule has 0 saturated heterocycles. The average Bonchev–Trinajstić information content (AvgIpc) is 3.11. The van der Waals surface area contributed by atoms with Crippen LogP contribution in [0.5, 0.6) is 0 Å². The maximum absolute atomic E-state index is 2.39. The lowest BCUT2D eigenvalue weighted by atomic mass is 10.0.